The Bertz CT molecular complexity index is 841. The van der Waals surface area contributed by atoms with Crippen LogP contribution >= 0.6 is 12.2 Å². The Kier molecular flexibility index (Phi) is 10.7. The summed E-state index contributed by atoms with van der Waals surface area (Å²) in [4.78, 5) is 40.2. The topological polar surface area (TPSA) is 134 Å². The second kappa shape index (κ2) is 13.2. The minimum atomic E-state index is -0.985. The maximum Gasteiger partial charge on any atom is 0.317 e. The molecule has 10 nitrogen and oxygen atoms in total. The SMILES string of the molecule is CBC(=S)Nc1ccc(C[C@H]2CN(CC(=O)O)CCN(CC(=O)O)CCN2CC(=O)O)cc1. The molecule has 180 valence electrons. The van der Waals surface area contributed by atoms with Gasteiger partial charge in [0.15, 0.2) is 7.28 Å². The van der Waals surface area contributed by atoms with Gasteiger partial charge in [0.1, 0.15) is 0 Å². The highest BCUT2D eigenvalue weighted by Gasteiger charge is 2.27. The molecule has 4 N–H and O–H groups in total. The van der Waals surface area contributed by atoms with E-state index in [9.17, 15) is 29.7 Å². The maximum atomic E-state index is 11.6. The molecule has 0 unspecified atom stereocenters. The Morgan fingerprint density at radius 2 is 1.48 bits per heavy atom. The lowest BCUT2D eigenvalue weighted by Crippen LogP contribution is -2.49. The number of hydrogen-bond acceptors (Lipinski definition) is 7. The molecule has 2 rings (SSSR count). The molecule has 33 heavy (non-hydrogen) atoms. The number of carboxylic acids is 3. The summed E-state index contributed by atoms with van der Waals surface area (Å²) in [5.74, 6) is -2.94. The van der Waals surface area contributed by atoms with Crippen LogP contribution in [-0.2, 0) is 20.8 Å². The van der Waals surface area contributed by atoms with Gasteiger partial charge >= 0.3 is 17.9 Å². The van der Waals surface area contributed by atoms with Gasteiger partial charge in [-0.05, 0) is 24.1 Å². The number of carboxylic acid groups (broad SMARTS) is 3. The molecule has 1 fully saturated rings. The van der Waals surface area contributed by atoms with Crippen LogP contribution in [0.25, 0.3) is 0 Å². The summed E-state index contributed by atoms with van der Waals surface area (Å²) in [7, 11) is 0.738. The molecule has 1 saturated heterocycles. The van der Waals surface area contributed by atoms with Crippen LogP contribution < -0.4 is 5.32 Å². The molecule has 1 atom stereocenters. The van der Waals surface area contributed by atoms with E-state index in [0.717, 1.165) is 23.4 Å². The van der Waals surface area contributed by atoms with Crippen molar-refractivity contribution in [3.05, 3.63) is 29.8 Å². The Morgan fingerprint density at radius 3 is 2.06 bits per heavy atom. The van der Waals surface area contributed by atoms with Gasteiger partial charge in [0.2, 0.25) is 0 Å². The van der Waals surface area contributed by atoms with E-state index in [1.807, 2.05) is 31.1 Å². The molecule has 0 spiro atoms. The van der Waals surface area contributed by atoms with Crippen LogP contribution in [0.15, 0.2) is 24.3 Å². The number of anilines is 1. The van der Waals surface area contributed by atoms with Crippen LogP contribution in [0.5, 0.6) is 0 Å². The lowest BCUT2D eigenvalue weighted by molar-refractivity contribution is -0.140. The van der Waals surface area contributed by atoms with Gasteiger partial charge in [0.05, 0.1) is 19.6 Å². The first-order valence-corrected chi connectivity index (χ1v) is 11.3. The van der Waals surface area contributed by atoms with Crippen molar-refractivity contribution in [2.24, 2.45) is 0 Å². The van der Waals surface area contributed by atoms with Crippen LogP contribution in [0, 0.1) is 0 Å². The summed E-state index contributed by atoms with van der Waals surface area (Å²) in [6.07, 6.45) is 0.529. The second-order valence-electron chi connectivity index (χ2n) is 8.12. The first-order chi connectivity index (χ1) is 15.7. The molecule has 1 aromatic carbocycles. The third-order valence-electron chi connectivity index (χ3n) is 5.51. The van der Waals surface area contributed by atoms with Crippen molar-refractivity contribution in [1.29, 1.82) is 0 Å². The van der Waals surface area contributed by atoms with E-state index < -0.39 is 17.9 Å². The average molecular weight is 478 g/mol. The van der Waals surface area contributed by atoms with Crippen LogP contribution in [0.4, 0.5) is 5.69 Å². The van der Waals surface area contributed by atoms with E-state index in [2.05, 4.69) is 5.32 Å². The van der Waals surface area contributed by atoms with Crippen molar-refractivity contribution in [2.45, 2.75) is 19.3 Å². The van der Waals surface area contributed by atoms with Crippen LogP contribution in [0.1, 0.15) is 5.56 Å². The smallest absolute Gasteiger partial charge is 0.317 e. The molecule has 12 heteroatoms. The predicted molar refractivity (Wildman–Crippen MR) is 131 cm³/mol. The van der Waals surface area contributed by atoms with Crippen LogP contribution in [0.3, 0.4) is 0 Å². The molecule has 0 aromatic heterocycles. The fraction of sp³-hybridized carbons (Fsp3) is 0.524. The van der Waals surface area contributed by atoms with E-state index in [1.165, 1.54) is 0 Å². The van der Waals surface area contributed by atoms with Crippen molar-refractivity contribution in [1.82, 2.24) is 14.7 Å². The standard InChI is InChI=1S/C21H31BN4O6S/c1-22-21(33)23-16-4-2-15(3-5-16)10-17-11-25(13-19(29)30)7-6-24(12-18(27)28)8-9-26(17)14-20(31)32/h2-5,17,22H,6-14H2,1H3,(H,23,33)(H,27,28)(H,29,30)(H,31,32)/t17-/m0/s1. The number of thiocarbonyl (C=S) groups is 1. The molecular weight excluding hydrogens is 447 g/mol. The highest BCUT2D eigenvalue weighted by Crippen LogP contribution is 2.16. The van der Waals surface area contributed by atoms with Gasteiger partial charge in [-0.1, -0.05) is 31.2 Å². The summed E-state index contributed by atoms with van der Waals surface area (Å²) in [6, 6.07) is 7.48. The summed E-state index contributed by atoms with van der Waals surface area (Å²) in [5.41, 5.74) is 1.86. The Labute approximate surface area is 199 Å². The van der Waals surface area contributed by atoms with Gasteiger partial charge in [-0.2, -0.15) is 0 Å². The van der Waals surface area contributed by atoms with E-state index in [0.29, 0.717) is 39.1 Å². The number of benzene rings is 1. The molecule has 1 aliphatic heterocycles. The zero-order chi connectivity index (χ0) is 24.4. The number of aliphatic carboxylic acids is 3. The maximum absolute atomic E-state index is 11.6. The third-order valence-corrected chi connectivity index (χ3v) is 5.90. The van der Waals surface area contributed by atoms with Gasteiger partial charge in [0.25, 0.3) is 0 Å². The van der Waals surface area contributed by atoms with E-state index in [-0.39, 0.29) is 25.7 Å². The summed E-state index contributed by atoms with van der Waals surface area (Å²) >= 11 is 5.21. The Hall–Kier alpha value is -2.54. The predicted octanol–water partition coefficient (Wildman–Crippen LogP) is -0.0475. The highest BCUT2D eigenvalue weighted by atomic mass is 32.1. The largest absolute Gasteiger partial charge is 0.480 e. The number of hydrogen-bond donors (Lipinski definition) is 4. The zero-order valence-electron chi connectivity index (χ0n) is 18.8. The van der Waals surface area contributed by atoms with Gasteiger partial charge in [-0.25, -0.2) is 0 Å². The van der Waals surface area contributed by atoms with Gasteiger partial charge in [-0.15, -0.1) is 0 Å². The molecule has 0 amide bonds. The number of rotatable bonds is 10. The number of carbonyl (C=O) groups is 3. The molecular formula is C21H31BN4O6S. The lowest BCUT2D eigenvalue weighted by Gasteiger charge is -2.33. The van der Waals surface area contributed by atoms with Crippen LogP contribution in [-0.4, -0.2) is 118 Å². The van der Waals surface area contributed by atoms with Crippen molar-refractivity contribution in [3.63, 3.8) is 0 Å². The van der Waals surface area contributed by atoms with Crippen molar-refractivity contribution in [3.8, 4) is 0 Å². The molecule has 1 heterocycles. The third kappa shape index (κ3) is 9.87. The molecule has 0 bridgehead atoms. The fourth-order valence-electron chi connectivity index (χ4n) is 3.86. The second-order valence-corrected chi connectivity index (χ2v) is 8.61. The van der Waals surface area contributed by atoms with E-state index >= 15 is 0 Å². The fourth-order valence-corrected chi connectivity index (χ4v) is 3.98. The minimum absolute atomic E-state index is 0.180. The molecule has 0 aliphatic carbocycles. The number of nitrogens with one attached hydrogen (secondary N) is 1. The van der Waals surface area contributed by atoms with Gasteiger partial charge in [-0.3, -0.25) is 29.1 Å². The zero-order valence-corrected chi connectivity index (χ0v) is 19.6. The first kappa shape index (κ1) is 26.7. The summed E-state index contributed by atoms with van der Waals surface area (Å²) in [6.45, 7) is 3.27. The Balaban J connectivity index is 2.24. The normalized spacial score (nSPS) is 18.5. The monoisotopic (exact) mass is 478 g/mol. The quantitative estimate of drug-likeness (QED) is 0.267. The molecule has 1 aromatic rings. The molecule has 1 aliphatic rings. The van der Waals surface area contributed by atoms with Gasteiger partial charge in [0, 0.05) is 49.3 Å². The van der Waals surface area contributed by atoms with Crippen molar-refractivity contribution < 1.29 is 29.7 Å². The first-order valence-electron chi connectivity index (χ1n) is 10.9. The van der Waals surface area contributed by atoms with Crippen LogP contribution in [0.2, 0.25) is 6.82 Å². The van der Waals surface area contributed by atoms with Gasteiger partial charge < -0.3 is 20.6 Å². The molecule has 0 saturated carbocycles. The van der Waals surface area contributed by atoms with E-state index in [1.54, 1.807) is 14.7 Å². The van der Waals surface area contributed by atoms with Crippen molar-refractivity contribution in [2.75, 3.05) is 57.7 Å². The lowest BCUT2D eigenvalue weighted by atomic mass is 9.82. The average Bonchev–Trinajstić information content (AvgIpc) is 2.80. The summed E-state index contributed by atoms with van der Waals surface area (Å²) < 4.78 is 0. The molecule has 0 radical (unpaired) electrons. The minimum Gasteiger partial charge on any atom is -0.480 e. The summed E-state index contributed by atoms with van der Waals surface area (Å²) in [5, 5.41) is 31.2. The van der Waals surface area contributed by atoms with Crippen molar-refractivity contribution >= 4 is 48.0 Å². The Morgan fingerprint density at radius 1 is 0.939 bits per heavy atom. The highest BCUT2D eigenvalue weighted by molar-refractivity contribution is 7.83. The van der Waals surface area contributed by atoms with E-state index in [4.69, 9.17) is 12.2 Å². The number of nitrogens with zero attached hydrogens (tertiary/aromatic N) is 3.